The zero-order chi connectivity index (χ0) is 19.1. The van der Waals surface area contributed by atoms with Crippen LogP contribution in [-0.4, -0.2) is 21.5 Å². The van der Waals surface area contributed by atoms with Crippen LogP contribution < -0.4 is 5.32 Å². The molecule has 0 atom stereocenters. The Kier molecular flexibility index (Phi) is 6.15. The van der Waals surface area contributed by atoms with Gasteiger partial charge >= 0.3 is 0 Å². The smallest absolute Gasteiger partial charge is 0.220 e. The van der Waals surface area contributed by atoms with E-state index in [1.807, 2.05) is 54.2 Å². The monoisotopic (exact) mass is 361 g/mol. The average molecular weight is 361 g/mol. The summed E-state index contributed by atoms with van der Waals surface area (Å²) in [7, 11) is 0. The SMILES string of the molecule is Cc1ccc(C(=O)CCC(=O)NCc2cccc(Cn3cccn3)c2)cc1. The first-order chi connectivity index (χ1) is 13.1. The third kappa shape index (κ3) is 5.64. The van der Waals surface area contributed by atoms with Gasteiger partial charge < -0.3 is 5.32 Å². The second-order valence-corrected chi connectivity index (χ2v) is 6.59. The number of nitrogens with zero attached hydrogens (tertiary/aromatic N) is 2. The van der Waals surface area contributed by atoms with Crippen molar-refractivity contribution in [3.8, 4) is 0 Å². The summed E-state index contributed by atoms with van der Waals surface area (Å²) < 4.78 is 1.86. The number of carbonyl (C=O) groups excluding carboxylic acids is 2. The molecule has 1 aromatic heterocycles. The van der Waals surface area contributed by atoms with Gasteiger partial charge in [-0.05, 0) is 24.1 Å². The molecule has 138 valence electrons. The Morgan fingerprint density at radius 2 is 1.78 bits per heavy atom. The minimum Gasteiger partial charge on any atom is -0.352 e. The molecule has 1 amide bonds. The molecule has 3 aromatic rings. The molecule has 0 unspecified atom stereocenters. The topological polar surface area (TPSA) is 64.0 Å². The van der Waals surface area contributed by atoms with Gasteiger partial charge in [0.25, 0.3) is 0 Å². The summed E-state index contributed by atoms with van der Waals surface area (Å²) in [5, 5.41) is 7.09. The van der Waals surface area contributed by atoms with Crippen LogP contribution in [0, 0.1) is 6.92 Å². The van der Waals surface area contributed by atoms with E-state index in [-0.39, 0.29) is 24.5 Å². The number of Topliss-reactive ketones (excluding diaryl/α,β-unsaturated/α-hetero) is 1. The maximum absolute atomic E-state index is 12.1. The van der Waals surface area contributed by atoms with Gasteiger partial charge in [0.05, 0.1) is 6.54 Å². The lowest BCUT2D eigenvalue weighted by Crippen LogP contribution is -2.23. The molecule has 5 heteroatoms. The number of nitrogens with one attached hydrogen (secondary N) is 1. The van der Waals surface area contributed by atoms with E-state index in [0.717, 1.165) is 16.7 Å². The van der Waals surface area contributed by atoms with Crippen LogP contribution in [0.15, 0.2) is 67.0 Å². The van der Waals surface area contributed by atoms with E-state index in [0.29, 0.717) is 18.7 Å². The van der Waals surface area contributed by atoms with Crippen LogP contribution in [0.4, 0.5) is 0 Å². The van der Waals surface area contributed by atoms with E-state index in [4.69, 9.17) is 0 Å². The lowest BCUT2D eigenvalue weighted by atomic mass is 10.0. The van der Waals surface area contributed by atoms with Crippen molar-refractivity contribution in [3.63, 3.8) is 0 Å². The molecular weight excluding hydrogens is 338 g/mol. The maximum Gasteiger partial charge on any atom is 0.220 e. The van der Waals surface area contributed by atoms with Gasteiger partial charge in [-0.2, -0.15) is 5.10 Å². The first-order valence-corrected chi connectivity index (χ1v) is 9.02. The zero-order valence-corrected chi connectivity index (χ0v) is 15.4. The Hall–Kier alpha value is -3.21. The number of rotatable bonds is 8. The predicted octanol–water partition coefficient (Wildman–Crippen LogP) is 3.52. The highest BCUT2D eigenvalue weighted by Crippen LogP contribution is 2.09. The van der Waals surface area contributed by atoms with Gasteiger partial charge in [0.15, 0.2) is 5.78 Å². The fourth-order valence-corrected chi connectivity index (χ4v) is 2.82. The molecule has 0 saturated carbocycles. The third-order valence-corrected chi connectivity index (χ3v) is 4.34. The normalized spacial score (nSPS) is 10.6. The van der Waals surface area contributed by atoms with Crippen molar-refractivity contribution in [1.82, 2.24) is 15.1 Å². The Morgan fingerprint density at radius 1 is 1.00 bits per heavy atom. The molecule has 0 spiro atoms. The van der Waals surface area contributed by atoms with E-state index < -0.39 is 0 Å². The predicted molar refractivity (Wildman–Crippen MR) is 104 cm³/mol. The summed E-state index contributed by atoms with van der Waals surface area (Å²) in [5.74, 6) is -0.126. The highest BCUT2D eigenvalue weighted by molar-refractivity contribution is 5.97. The average Bonchev–Trinajstić information content (AvgIpc) is 3.18. The Balaban J connectivity index is 1.46. The Bertz CT molecular complexity index is 900. The summed E-state index contributed by atoms with van der Waals surface area (Å²) in [6.07, 6.45) is 4.08. The van der Waals surface area contributed by atoms with Crippen molar-refractivity contribution in [1.29, 1.82) is 0 Å². The van der Waals surface area contributed by atoms with Crippen LogP contribution in [0.5, 0.6) is 0 Å². The van der Waals surface area contributed by atoms with E-state index in [1.54, 1.807) is 18.3 Å². The summed E-state index contributed by atoms with van der Waals surface area (Å²) in [5.41, 5.74) is 3.91. The second-order valence-electron chi connectivity index (χ2n) is 6.59. The molecule has 1 N–H and O–H groups in total. The highest BCUT2D eigenvalue weighted by atomic mass is 16.2. The van der Waals surface area contributed by atoms with Gasteiger partial charge in [0.1, 0.15) is 0 Å². The van der Waals surface area contributed by atoms with Crippen LogP contribution in [0.3, 0.4) is 0 Å². The summed E-state index contributed by atoms with van der Waals surface area (Å²) >= 11 is 0. The highest BCUT2D eigenvalue weighted by Gasteiger charge is 2.09. The number of aromatic nitrogens is 2. The molecule has 27 heavy (non-hydrogen) atoms. The first kappa shape index (κ1) is 18.6. The van der Waals surface area contributed by atoms with Crippen LogP contribution in [0.25, 0.3) is 0 Å². The largest absolute Gasteiger partial charge is 0.352 e. The quantitative estimate of drug-likeness (QED) is 0.625. The summed E-state index contributed by atoms with van der Waals surface area (Å²) in [6, 6.07) is 17.4. The molecule has 5 nitrogen and oxygen atoms in total. The van der Waals surface area contributed by atoms with Gasteiger partial charge in [-0.1, -0.05) is 54.1 Å². The van der Waals surface area contributed by atoms with Crippen molar-refractivity contribution in [2.45, 2.75) is 32.9 Å². The molecule has 3 rings (SSSR count). The number of benzene rings is 2. The van der Waals surface area contributed by atoms with Crippen molar-refractivity contribution in [2.75, 3.05) is 0 Å². The van der Waals surface area contributed by atoms with E-state index in [9.17, 15) is 9.59 Å². The molecule has 2 aromatic carbocycles. The number of hydrogen-bond donors (Lipinski definition) is 1. The van der Waals surface area contributed by atoms with E-state index in [2.05, 4.69) is 16.5 Å². The summed E-state index contributed by atoms with van der Waals surface area (Å²) in [6.45, 7) is 3.12. The summed E-state index contributed by atoms with van der Waals surface area (Å²) in [4.78, 5) is 24.2. The second kappa shape index (κ2) is 8.94. The fourth-order valence-electron chi connectivity index (χ4n) is 2.82. The number of amides is 1. The number of hydrogen-bond acceptors (Lipinski definition) is 3. The number of ketones is 1. The molecule has 0 bridgehead atoms. The minimum atomic E-state index is -0.118. The van der Waals surface area contributed by atoms with Crippen molar-refractivity contribution in [2.24, 2.45) is 0 Å². The minimum absolute atomic E-state index is 0.00799. The van der Waals surface area contributed by atoms with Crippen molar-refractivity contribution in [3.05, 3.63) is 89.2 Å². The van der Waals surface area contributed by atoms with Gasteiger partial charge in [-0.25, -0.2) is 0 Å². The van der Waals surface area contributed by atoms with E-state index >= 15 is 0 Å². The van der Waals surface area contributed by atoms with Gasteiger partial charge in [0, 0.05) is 37.3 Å². The molecular formula is C22H23N3O2. The molecule has 1 heterocycles. The van der Waals surface area contributed by atoms with E-state index in [1.165, 1.54) is 0 Å². The molecule has 0 fully saturated rings. The lowest BCUT2D eigenvalue weighted by molar-refractivity contribution is -0.121. The first-order valence-electron chi connectivity index (χ1n) is 9.02. The Morgan fingerprint density at radius 3 is 2.52 bits per heavy atom. The molecule has 0 aliphatic heterocycles. The van der Waals surface area contributed by atoms with Gasteiger partial charge in [-0.3, -0.25) is 14.3 Å². The number of carbonyl (C=O) groups is 2. The lowest BCUT2D eigenvalue weighted by Gasteiger charge is -2.08. The fraction of sp³-hybridized carbons (Fsp3) is 0.227. The van der Waals surface area contributed by atoms with Crippen LogP contribution in [-0.2, 0) is 17.9 Å². The third-order valence-electron chi connectivity index (χ3n) is 4.34. The van der Waals surface area contributed by atoms with Crippen LogP contribution >= 0.6 is 0 Å². The van der Waals surface area contributed by atoms with Gasteiger partial charge in [-0.15, -0.1) is 0 Å². The molecule has 0 radical (unpaired) electrons. The van der Waals surface area contributed by atoms with Crippen molar-refractivity contribution < 1.29 is 9.59 Å². The van der Waals surface area contributed by atoms with Crippen LogP contribution in [0.2, 0.25) is 0 Å². The standard InChI is InChI=1S/C22H23N3O2/c1-17-6-8-20(9-7-17)21(26)10-11-22(27)23-15-18-4-2-5-19(14-18)16-25-13-3-12-24-25/h2-9,12-14H,10-11,15-16H2,1H3,(H,23,27). The molecule has 0 aliphatic rings. The van der Waals surface area contributed by atoms with Crippen molar-refractivity contribution >= 4 is 11.7 Å². The van der Waals surface area contributed by atoms with Gasteiger partial charge in [0.2, 0.25) is 5.91 Å². The Labute approximate surface area is 159 Å². The zero-order valence-electron chi connectivity index (χ0n) is 15.4. The van der Waals surface area contributed by atoms with Crippen LogP contribution in [0.1, 0.15) is 39.9 Å². The number of aryl methyl sites for hydroxylation is 1. The molecule has 0 saturated heterocycles. The molecule has 0 aliphatic carbocycles. The maximum atomic E-state index is 12.1.